The Labute approximate surface area is 134 Å². The van der Waals surface area contributed by atoms with Gasteiger partial charge in [0.25, 0.3) is 0 Å². The molecule has 0 amide bonds. The quantitative estimate of drug-likeness (QED) is 0.725. The zero-order chi connectivity index (χ0) is 15.5. The Morgan fingerprint density at radius 1 is 1.32 bits per heavy atom. The highest BCUT2D eigenvalue weighted by Crippen LogP contribution is 2.62. The van der Waals surface area contributed by atoms with E-state index in [9.17, 15) is 5.11 Å². The van der Waals surface area contributed by atoms with Gasteiger partial charge in [-0.1, -0.05) is 25.0 Å². The molecule has 0 radical (unpaired) electrons. The molecule has 4 aliphatic rings. The van der Waals surface area contributed by atoms with E-state index in [-0.39, 0.29) is 11.5 Å². The minimum absolute atomic E-state index is 0.0739. The number of aliphatic hydroxyl groups is 1. The monoisotopic (exact) mass is 302 g/mol. The van der Waals surface area contributed by atoms with Gasteiger partial charge in [0.1, 0.15) is 0 Å². The van der Waals surface area contributed by atoms with E-state index in [2.05, 4.69) is 19.9 Å². The van der Waals surface area contributed by atoms with Crippen molar-refractivity contribution in [3.05, 3.63) is 23.0 Å². The van der Waals surface area contributed by atoms with E-state index >= 15 is 0 Å². The highest BCUT2D eigenvalue weighted by atomic mass is 16.5. The zero-order valence-corrected chi connectivity index (χ0v) is 14.3. The van der Waals surface area contributed by atoms with E-state index in [1.807, 2.05) is 0 Å². The van der Waals surface area contributed by atoms with Crippen LogP contribution in [-0.4, -0.2) is 18.3 Å². The molecule has 0 bridgehead atoms. The number of hydrogen-bond donors (Lipinski definition) is 1. The summed E-state index contributed by atoms with van der Waals surface area (Å²) in [6.07, 6.45) is 10.5. The fraction of sp³-hybridized carbons (Fsp3) is 0.800. The molecule has 2 saturated carbocycles. The van der Waals surface area contributed by atoms with E-state index in [4.69, 9.17) is 4.74 Å². The summed E-state index contributed by atoms with van der Waals surface area (Å²) in [6.45, 7) is 4.75. The molecule has 122 valence electrons. The van der Waals surface area contributed by atoms with Crippen LogP contribution in [0.3, 0.4) is 0 Å². The molecule has 0 heterocycles. The minimum atomic E-state index is -0.0739. The number of aliphatic hydroxyl groups excluding tert-OH is 1. The van der Waals surface area contributed by atoms with Crippen LogP contribution >= 0.6 is 0 Å². The standard InChI is InChI=1S/C20H30O2/c1-12-10-18(21)20(2)9-8-16-15-7-5-14(22-3)11-13(15)4-6-17(16)19(12)20/h5,12,16-19,21H,4,6-11H2,1-3H3/t12-,16?,17?,18+,19?,20?/m0/s1. The molecule has 2 heteroatoms. The number of rotatable bonds is 1. The highest BCUT2D eigenvalue weighted by molar-refractivity contribution is 5.32. The molecule has 0 aliphatic heterocycles. The molecule has 0 aromatic rings. The molecule has 4 rings (SSSR count). The molecule has 0 spiro atoms. The van der Waals surface area contributed by atoms with Crippen molar-refractivity contribution in [2.45, 2.75) is 64.9 Å². The van der Waals surface area contributed by atoms with Gasteiger partial charge in [-0.3, -0.25) is 0 Å². The molecule has 4 aliphatic carbocycles. The number of hydrogen-bond acceptors (Lipinski definition) is 2. The number of allylic oxidation sites excluding steroid dienone is 3. The Kier molecular flexibility index (Phi) is 3.45. The fourth-order valence-electron chi connectivity index (χ4n) is 6.55. The zero-order valence-electron chi connectivity index (χ0n) is 14.3. The average Bonchev–Trinajstić information content (AvgIpc) is 2.76. The summed E-state index contributed by atoms with van der Waals surface area (Å²) in [5.74, 6) is 4.17. The molecule has 2 nitrogen and oxygen atoms in total. The Balaban J connectivity index is 1.63. The first-order chi connectivity index (χ1) is 10.5. The molecule has 0 saturated heterocycles. The van der Waals surface area contributed by atoms with E-state index in [0.29, 0.717) is 5.92 Å². The second kappa shape index (κ2) is 5.12. The van der Waals surface area contributed by atoms with E-state index in [1.165, 1.54) is 31.4 Å². The number of fused-ring (bicyclic) bond motifs is 4. The number of methoxy groups -OCH3 is 1. The fourth-order valence-corrected chi connectivity index (χ4v) is 6.55. The second-order valence-corrected chi connectivity index (χ2v) is 8.49. The molecule has 4 unspecified atom stereocenters. The molecule has 1 N–H and O–H groups in total. The molecular weight excluding hydrogens is 272 g/mol. The van der Waals surface area contributed by atoms with Gasteiger partial charge in [0.15, 0.2) is 0 Å². The average molecular weight is 302 g/mol. The van der Waals surface area contributed by atoms with E-state index in [0.717, 1.165) is 37.0 Å². The van der Waals surface area contributed by atoms with Crippen molar-refractivity contribution in [1.82, 2.24) is 0 Å². The second-order valence-electron chi connectivity index (χ2n) is 8.49. The van der Waals surface area contributed by atoms with Crippen LogP contribution in [0.25, 0.3) is 0 Å². The van der Waals surface area contributed by atoms with Gasteiger partial charge in [0.2, 0.25) is 0 Å². The normalized spacial score (nSPS) is 47.5. The summed E-state index contributed by atoms with van der Waals surface area (Å²) >= 11 is 0. The molecule has 22 heavy (non-hydrogen) atoms. The van der Waals surface area contributed by atoms with Crippen LogP contribution in [0.1, 0.15) is 58.8 Å². The van der Waals surface area contributed by atoms with Crippen LogP contribution in [0, 0.1) is 29.1 Å². The number of ether oxygens (including phenoxy) is 1. The summed E-state index contributed by atoms with van der Waals surface area (Å²) in [7, 11) is 1.80. The first kappa shape index (κ1) is 14.8. The van der Waals surface area contributed by atoms with Crippen LogP contribution in [0.4, 0.5) is 0 Å². The molecule has 6 atom stereocenters. The maximum absolute atomic E-state index is 10.6. The third kappa shape index (κ3) is 1.95. The smallest absolute Gasteiger partial charge is 0.0959 e. The lowest BCUT2D eigenvalue weighted by Gasteiger charge is -2.52. The topological polar surface area (TPSA) is 29.5 Å². The minimum Gasteiger partial charge on any atom is -0.501 e. The van der Waals surface area contributed by atoms with Crippen LogP contribution < -0.4 is 0 Å². The van der Waals surface area contributed by atoms with Crippen LogP contribution in [0.5, 0.6) is 0 Å². The Morgan fingerprint density at radius 3 is 2.91 bits per heavy atom. The van der Waals surface area contributed by atoms with Crippen LogP contribution in [0.2, 0.25) is 0 Å². The maximum Gasteiger partial charge on any atom is 0.0959 e. The van der Waals surface area contributed by atoms with Gasteiger partial charge >= 0.3 is 0 Å². The lowest BCUT2D eigenvalue weighted by Crippen LogP contribution is -2.46. The van der Waals surface area contributed by atoms with Crippen molar-refractivity contribution in [3.8, 4) is 0 Å². The van der Waals surface area contributed by atoms with Gasteiger partial charge in [-0.2, -0.15) is 0 Å². The van der Waals surface area contributed by atoms with Gasteiger partial charge in [-0.05, 0) is 73.7 Å². The first-order valence-corrected chi connectivity index (χ1v) is 9.16. The predicted molar refractivity (Wildman–Crippen MR) is 88.2 cm³/mol. The lowest BCUT2D eigenvalue weighted by atomic mass is 9.53. The molecule has 0 aromatic carbocycles. The Morgan fingerprint density at radius 2 is 2.14 bits per heavy atom. The van der Waals surface area contributed by atoms with Crippen molar-refractivity contribution < 1.29 is 9.84 Å². The van der Waals surface area contributed by atoms with Gasteiger partial charge in [0, 0.05) is 6.42 Å². The van der Waals surface area contributed by atoms with Crippen LogP contribution in [-0.2, 0) is 4.74 Å². The molecular formula is C20H30O2. The van der Waals surface area contributed by atoms with E-state index < -0.39 is 0 Å². The van der Waals surface area contributed by atoms with E-state index in [1.54, 1.807) is 18.3 Å². The van der Waals surface area contributed by atoms with Crippen molar-refractivity contribution in [3.63, 3.8) is 0 Å². The van der Waals surface area contributed by atoms with Gasteiger partial charge in [-0.25, -0.2) is 0 Å². The SMILES string of the molecule is COC1=CCC2=C(CCC3C2CCC2(C)C3[C@@H](C)C[C@H]2O)C1. The van der Waals surface area contributed by atoms with Gasteiger partial charge in [0.05, 0.1) is 19.0 Å². The Hall–Kier alpha value is -0.760. The Bertz CT molecular complexity index is 532. The van der Waals surface area contributed by atoms with Gasteiger partial charge in [-0.15, -0.1) is 0 Å². The first-order valence-electron chi connectivity index (χ1n) is 9.16. The van der Waals surface area contributed by atoms with Crippen molar-refractivity contribution in [2.24, 2.45) is 29.1 Å². The third-order valence-corrected chi connectivity index (χ3v) is 7.58. The molecule has 0 aromatic heterocycles. The predicted octanol–water partition coefficient (Wildman–Crippen LogP) is 4.45. The highest BCUT2D eigenvalue weighted by Gasteiger charge is 2.57. The summed E-state index contributed by atoms with van der Waals surface area (Å²) < 4.78 is 5.49. The largest absolute Gasteiger partial charge is 0.501 e. The van der Waals surface area contributed by atoms with Crippen molar-refractivity contribution >= 4 is 0 Å². The maximum atomic E-state index is 10.6. The summed E-state index contributed by atoms with van der Waals surface area (Å²) in [5, 5.41) is 10.6. The van der Waals surface area contributed by atoms with Gasteiger partial charge < -0.3 is 9.84 Å². The summed E-state index contributed by atoms with van der Waals surface area (Å²) in [5.41, 5.74) is 3.60. The third-order valence-electron chi connectivity index (χ3n) is 7.58. The molecule has 2 fully saturated rings. The van der Waals surface area contributed by atoms with Crippen molar-refractivity contribution in [2.75, 3.05) is 7.11 Å². The van der Waals surface area contributed by atoms with Crippen LogP contribution in [0.15, 0.2) is 23.0 Å². The summed E-state index contributed by atoms with van der Waals surface area (Å²) in [4.78, 5) is 0. The summed E-state index contributed by atoms with van der Waals surface area (Å²) in [6, 6.07) is 0. The lowest BCUT2D eigenvalue weighted by molar-refractivity contribution is -0.0376. The van der Waals surface area contributed by atoms with Crippen molar-refractivity contribution in [1.29, 1.82) is 0 Å².